The van der Waals surface area contributed by atoms with Crippen LogP contribution in [0.5, 0.6) is 0 Å². The first-order chi connectivity index (χ1) is 7.20. The maximum absolute atomic E-state index is 11.1. The van der Waals surface area contributed by atoms with Gasteiger partial charge in [0.1, 0.15) is 9.84 Å². The second kappa shape index (κ2) is 4.99. The number of aliphatic hydroxyl groups is 1. The number of hydrogen-bond donors (Lipinski definition) is 2. The maximum Gasteiger partial charge on any atom is 0.154 e. The molecule has 0 aliphatic carbocycles. The van der Waals surface area contributed by atoms with Crippen LogP contribution in [-0.2, 0) is 19.7 Å². The van der Waals surface area contributed by atoms with Crippen LogP contribution in [0.15, 0.2) is 0 Å². The van der Waals surface area contributed by atoms with Crippen molar-refractivity contribution in [3.05, 3.63) is 0 Å². The van der Waals surface area contributed by atoms with Gasteiger partial charge in [0.15, 0.2) is 9.84 Å². The summed E-state index contributed by atoms with van der Waals surface area (Å²) in [6.45, 7) is 0.393. The van der Waals surface area contributed by atoms with E-state index in [9.17, 15) is 21.9 Å². The Labute approximate surface area is 95.9 Å². The van der Waals surface area contributed by atoms with Crippen LogP contribution in [0.2, 0.25) is 0 Å². The Bertz CT molecular complexity index is 427. The molecule has 0 aromatic carbocycles. The summed E-state index contributed by atoms with van der Waals surface area (Å²) in [7, 11) is -6.12. The minimum absolute atomic E-state index is 0.0650. The zero-order valence-electron chi connectivity index (χ0n) is 9.09. The summed E-state index contributed by atoms with van der Waals surface area (Å²) in [5.41, 5.74) is 0. The summed E-state index contributed by atoms with van der Waals surface area (Å²) in [6, 6.07) is -0.468. The van der Waals surface area contributed by atoms with Crippen molar-refractivity contribution in [3.8, 4) is 0 Å². The van der Waals surface area contributed by atoms with Gasteiger partial charge in [0.25, 0.3) is 0 Å². The van der Waals surface area contributed by atoms with E-state index in [1.54, 1.807) is 0 Å². The van der Waals surface area contributed by atoms with Crippen molar-refractivity contribution >= 4 is 19.7 Å². The normalized spacial score (nSPS) is 29.4. The van der Waals surface area contributed by atoms with Crippen molar-refractivity contribution in [1.82, 2.24) is 5.32 Å². The Morgan fingerprint density at radius 1 is 1.38 bits per heavy atom. The first-order valence-electron chi connectivity index (χ1n) is 4.99. The molecule has 0 aromatic heterocycles. The molecule has 2 atom stereocenters. The summed E-state index contributed by atoms with van der Waals surface area (Å²) < 4.78 is 43.9. The molecule has 0 saturated carbocycles. The van der Waals surface area contributed by atoms with Crippen LogP contribution in [0.3, 0.4) is 0 Å². The SMILES string of the molecule is CS(=O)(=O)CCCNC1CS(=O)(=O)CC1O. The standard InChI is InChI=1S/C8H17NO5S2/c1-15(11,12)4-2-3-9-7-5-16(13,14)6-8(7)10/h7-10H,2-6H2,1H3. The third kappa shape index (κ3) is 4.77. The molecule has 0 bridgehead atoms. The molecule has 1 fully saturated rings. The smallest absolute Gasteiger partial charge is 0.154 e. The van der Waals surface area contributed by atoms with E-state index in [1.165, 1.54) is 0 Å². The molecule has 0 aromatic rings. The molecule has 1 rings (SSSR count). The van der Waals surface area contributed by atoms with E-state index in [0.717, 1.165) is 6.26 Å². The lowest BCUT2D eigenvalue weighted by molar-refractivity contribution is 0.166. The first kappa shape index (κ1) is 13.9. The Kier molecular flexibility index (Phi) is 4.33. The van der Waals surface area contributed by atoms with Crippen LogP contribution in [-0.4, -0.2) is 64.1 Å². The quantitative estimate of drug-likeness (QED) is 0.570. The number of nitrogens with one attached hydrogen (secondary N) is 1. The number of rotatable bonds is 5. The molecule has 0 radical (unpaired) electrons. The van der Waals surface area contributed by atoms with Crippen LogP contribution < -0.4 is 5.32 Å². The predicted molar refractivity (Wildman–Crippen MR) is 60.8 cm³/mol. The van der Waals surface area contributed by atoms with Crippen LogP contribution in [0, 0.1) is 0 Å². The van der Waals surface area contributed by atoms with Crippen molar-refractivity contribution < 1.29 is 21.9 Å². The summed E-state index contributed by atoms with van der Waals surface area (Å²) in [5, 5.41) is 12.3. The van der Waals surface area contributed by atoms with E-state index in [-0.39, 0.29) is 17.3 Å². The number of sulfone groups is 2. The highest BCUT2D eigenvalue weighted by molar-refractivity contribution is 7.91. The van der Waals surface area contributed by atoms with Gasteiger partial charge in [-0.3, -0.25) is 0 Å². The van der Waals surface area contributed by atoms with Gasteiger partial charge in [0, 0.05) is 12.3 Å². The maximum atomic E-state index is 11.1. The lowest BCUT2D eigenvalue weighted by Gasteiger charge is -2.14. The lowest BCUT2D eigenvalue weighted by atomic mass is 10.2. The third-order valence-electron chi connectivity index (χ3n) is 2.42. The monoisotopic (exact) mass is 271 g/mol. The van der Waals surface area contributed by atoms with E-state index < -0.39 is 31.8 Å². The summed E-state index contributed by atoms with van der Waals surface area (Å²) in [5.74, 6) is -0.223. The lowest BCUT2D eigenvalue weighted by Crippen LogP contribution is -2.39. The summed E-state index contributed by atoms with van der Waals surface area (Å²) in [6.07, 6.45) is 0.687. The van der Waals surface area contributed by atoms with E-state index in [4.69, 9.17) is 0 Å². The summed E-state index contributed by atoms with van der Waals surface area (Å²) >= 11 is 0. The minimum atomic E-state index is -3.14. The Morgan fingerprint density at radius 3 is 2.44 bits per heavy atom. The van der Waals surface area contributed by atoms with Crippen LogP contribution in [0.4, 0.5) is 0 Å². The molecule has 1 aliphatic rings. The van der Waals surface area contributed by atoms with Gasteiger partial charge in [0.05, 0.1) is 23.4 Å². The average Bonchev–Trinajstić information content (AvgIpc) is 2.32. The Balaban J connectivity index is 2.30. The fourth-order valence-electron chi connectivity index (χ4n) is 1.65. The third-order valence-corrected chi connectivity index (χ3v) is 5.17. The van der Waals surface area contributed by atoms with Gasteiger partial charge in [0.2, 0.25) is 0 Å². The molecule has 2 N–H and O–H groups in total. The number of hydrogen-bond acceptors (Lipinski definition) is 6. The van der Waals surface area contributed by atoms with Gasteiger partial charge >= 0.3 is 0 Å². The van der Waals surface area contributed by atoms with Crippen molar-refractivity contribution in [3.63, 3.8) is 0 Å². The molecule has 8 heteroatoms. The van der Waals surface area contributed by atoms with Gasteiger partial charge in [-0.15, -0.1) is 0 Å². The molecule has 0 amide bonds. The Morgan fingerprint density at radius 2 is 2.00 bits per heavy atom. The average molecular weight is 271 g/mol. The Hall–Kier alpha value is -0.180. The fraction of sp³-hybridized carbons (Fsp3) is 1.00. The van der Waals surface area contributed by atoms with E-state index in [2.05, 4.69) is 5.32 Å². The molecule has 0 spiro atoms. The summed E-state index contributed by atoms with van der Waals surface area (Å²) in [4.78, 5) is 0. The molecule has 1 heterocycles. The minimum Gasteiger partial charge on any atom is -0.390 e. The molecule has 2 unspecified atom stereocenters. The molecule has 96 valence electrons. The van der Waals surface area contributed by atoms with Gasteiger partial charge < -0.3 is 10.4 Å². The van der Waals surface area contributed by atoms with E-state index >= 15 is 0 Å². The fourth-order valence-corrected chi connectivity index (χ4v) is 4.09. The topological polar surface area (TPSA) is 101 Å². The molecule has 1 aliphatic heterocycles. The molecule has 16 heavy (non-hydrogen) atoms. The van der Waals surface area contributed by atoms with E-state index in [1.807, 2.05) is 0 Å². The van der Waals surface area contributed by atoms with Gasteiger partial charge in [-0.2, -0.15) is 0 Å². The number of aliphatic hydroxyl groups excluding tert-OH is 1. The van der Waals surface area contributed by atoms with Gasteiger partial charge in [-0.25, -0.2) is 16.8 Å². The highest BCUT2D eigenvalue weighted by Crippen LogP contribution is 2.12. The van der Waals surface area contributed by atoms with Crippen LogP contribution in [0.1, 0.15) is 6.42 Å². The molecular weight excluding hydrogens is 254 g/mol. The van der Waals surface area contributed by atoms with Crippen LogP contribution >= 0.6 is 0 Å². The van der Waals surface area contributed by atoms with E-state index in [0.29, 0.717) is 13.0 Å². The zero-order valence-corrected chi connectivity index (χ0v) is 10.7. The predicted octanol–water partition coefficient (Wildman–Crippen LogP) is -1.83. The van der Waals surface area contributed by atoms with Gasteiger partial charge in [-0.1, -0.05) is 0 Å². The van der Waals surface area contributed by atoms with Crippen molar-refractivity contribution in [1.29, 1.82) is 0 Å². The largest absolute Gasteiger partial charge is 0.390 e. The highest BCUT2D eigenvalue weighted by Gasteiger charge is 2.35. The molecule has 6 nitrogen and oxygen atoms in total. The van der Waals surface area contributed by atoms with Crippen molar-refractivity contribution in [2.45, 2.75) is 18.6 Å². The first-order valence-corrected chi connectivity index (χ1v) is 8.87. The molecule has 1 saturated heterocycles. The second-order valence-electron chi connectivity index (χ2n) is 4.19. The van der Waals surface area contributed by atoms with Gasteiger partial charge in [-0.05, 0) is 13.0 Å². The zero-order chi connectivity index (χ0) is 12.4. The van der Waals surface area contributed by atoms with Crippen molar-refractivity contribution in [2.24, 2.45) is 0 Å². The van der Waals surface area contributed by atoms with Crippen LogP contribution in [0.25, 0.3) is 0 Å². The molecular formula is C8H17NO5S2. The van der Waals surface area contributed by atoms with Crippen molar-refractivity contribution in [2.75, 3.05) is 30.1 Å². The highest BCUT2D eigenvalue weighted by atomic mass is 32.2. The second-order valence-corrected chi connectivity index (χ2v) is 8.60.